The van der Waals surface area contributed by atoms with E-state index in [0.29, 0.717) is 6.04 Å². The average molecular weight is 276 g/mol. The second kappa shape index (κ2) is 7.58. The lowest BCUT2D eigenvalue weighted by molar-refractivity contribution is 0.523. The van der Waals surface area contributed by atoms with Crippen LogP contribution in [0.4, 0.5) is 5.82 Å². The van der Waals surface area contributed by atoms with Crippen LogP contribution < -0.4 is 10.2 Å². The van der Waals surface area contributed by atoms with Gasteiger partial charge in [0.2, 0.25) is 0 Å². The van der Waals surface area contributed by atoms with Crippen LogP contribution in [0.5, 0.6) is 0 Å². The molecule has 0 unspecified atom stereocenters. The average Bonchev–Trinajstić information content (AvgIpc) is 2.95. The molecular formula is C16H28N4. The zero-order valence-electron chi connectivity index (χ0n) is 13.1. The summed E-state index contributed by atoms with van der Waals surface area (Å²) in [5.41, 5.74) is 1.01. The molecule has 0 saturated heterocycles. The second-order valence-corrected chi connectivity index (χ2v) is 6.23. The van der Waals surface area contributed by atoms with Crippen molar-refractivity contribution in [1.82, 2.24) is 15.5 Å². The van der Waals surface area contributed by atoms with E-state index in [9.17, 15) is 0 Å². The van der Waals surface area contributed by atoms with Gasteiger partial charge in [0.15, 0.2) is 5.82 Å². The predicted molar refractivity (Wildman–Crippen MR) is 83.9 cm³/mol. The first kappa shape index (κ1) is 15.2. The largest absolute Gasteiger partial charge is 0.352 e. The lowest BCUT2D eigenvalue weighted by Crippen LogP contribution is -2.35. The van der Waals surface area contributed by atoms with E-state index in [4.69, 9.17) is 0 Å². The van der Waals surface area contributed by atoms with E-state index >= 15 is 0 Å². The van der Waals surface area contributed by atoms with Gasteiger partial charge in [0, 0.05) is 19.1 Å². The highest BCUT2D eigenvalue weighted by Crippen LogP contribution is 2.27. The molecule has 0 amide bonds. The topological polar surface area (TPSA) is 41.0 Å². The number of hydrogen-bond donors (Lipinski definition) is 1. The van der Waals surface area contributed by atoms with Gasteiger partial charge in [0.25, 0.3) is 0 Å². The van der Waals surface area contributed by atoms with Crippen LogP contribution in [0.1, 0.15) is 51.6 Å². The van der Waals surface area contributed by atoms with Gasteiger partial charge < -0.3 is 10.2 Å². The summed E-state index contributed by atoms with van der Waals surface area (Å²) in [7, 11) is 1.93. The van der Waals surface area contributed by atoms with Crippen LogP contribution in [0, 0.1) is 5.92 Å². The molecule has 1 aliphatic rings. The Morgan fingerprint density at radius 3 is 2.55 bits per heavy atom. The smallest absolute Gasteiger partial charge is 0.151 e. The van der Waals surface area contributed by atoms with Crippen LogP contribution in [0.25, 0.3) is 0 Å². The van der Waals surface area contributed by atoms with Crippen molar-refractivity contribution in [3.63, 3.8) is 0 Å². The molecule has 4 heteroatoms. The van der Waals surface area contributed by atoms with E-state index in [1.165, 1.54) is 32.1 Å². The van der Waals surface area contributed by atoms with Gasteiger partial charge in [-0.1, -0.05) is 26.7 Å². The summed E-state index contributed by atoms with van der Waals surface area (Å²) in [6.45, 7) is 6.45. The van der Waals surface area contributed by atoms with Crippen LogP contribution in [0.2, 0.25) is 0 Å². The maximum absolute atomic E-state index is 4.46. The summed E-state index contributed by atoms with van der Waals surface area (Å²) >= 11 is 0. The second-order valence-electron chi connectivity index (χ2n) is 6.23. The zero-order chi connectivity index (χ0) is 14.4. The molecule has 0 radical (unpaired) electrons. The minimum atomic E-state index is 0.665. The Hall–Kier alpha value is -1.16. The Labute approximate surface area is 123 Å². The van der Waals surface area contributed by atoms with E-state index in [2.05, 4.69) is 46.4 Å². The van der Waals surface area contributed by atoms with Crippen molar-refractivity contribution in [2.24, 2.45) is 5.92 Å². The minimum absolute atomic E-state index is 0.665. The zero-order valence-corrected chi connectivity index (χ0v) is 13.1. The fraction of sp³-hybridized carbons (Fsp3) is 0.750. The van der Waals surface area contributed by atoms with Gasteiger partial charge in [-0.3, -0.25) is 0 Å². The van der Waals surface area contributed by atoms with E-state index in [-0.39, 0.29) is 0 Å². The van der Waals surface area contributed by atoms with E-state index in [1.807, 2.05) is 7.05 Å². The Balaban J connectivity index is 2.07. The number of aromatic nitrogens is 2. The van der Waals surface area contributed by atoms with Crippen molar-refractivity contribution in [2.45, 2.75) is 58.5 Å². The first-order chi connectivity index (χ1) is 9.70. The highest BCUT2D eigenvalue weighted by atomic mass is 15.3. The third-order valence-corrected chi connectivity index (χ3v) is 4.07. The molecule has 0 bridgehead atoms. The fourth-order valence-corrected chi connectivity index (χ4v) is 2.88. The molecule has 1 N–H and O–H groups in total. The Bertz CT molecular complexity index is 382. The van der Waals surface area contributed by atoms with Crippen molar-refractivity contribution >= 4 is 5.82 Å². The molecule has 20 heavy (non-hydrogen) atoms. The molecule has 1 heterocycles. The summed E-state index contributed by atoms with van der Waals surface area (Å²) in [5.74, 6) is 1.79. The molecule has 112 valence electrons. The van der Waals surface area contributed by atoms with Crippen LogP contribution in [0.15, 0.2) is 12.1 Å². The predicted octanol–water partition coefficient (Wildman–Crippen LogP) is 2.99. The molecule has 0 aliphatic heterocycles. The third-order valence-electron chi connectivity index (χ3n) is 4.07. The van der Waals surface area contributed by atoms with Crippen LogP contribution in [0.3, 0.4) is 0 Å². The monoisotopic (exact) mass is 276 g/mol. The van der Waals surface area contributed by atoms with E-state index in [0.717, 1.165) is 30.5 Å². The maximum Gasteiger partial charge on any atom is 0.151 e. The molecule has 1 aliphatic carbocycles. The molecule has 0 aromatic carbocycles. The lowest BCUT2D eigenvalue weighted by Gasteiger charge is -2.30. The number of hydrogen-bond acceptors (Lipinski definition) is 4. The van der Waals surface area contributed by atoms with Crippen LogP contribution in [-0.4, -0.2) is 29.8 Å². The Morgan fingerprint density at radius 2 is 2.00 bits per heavy atom. The van der Waals surface area contributed by atoms with E-state index < -0.39 is 0 Å². The van der Waals surface area contributed by atoms with Gasteiger partial charge in [0.1, 0.15) is 0 Å². The summed E-state index contributed by atoms with van der Waals surface area (Å²) in [6, 6.07) is 4.90. The van der Waals surface area contributed by atoms with Crippen molar-refractivity contribution < 1.29 is 0 Å². The Kier molecular flexibility index (Phi) is 5.77. The van der Waals surface area contributed by atoms with Gasteiger partial charge in [-0.15, -0.1) is 5.10 Å². The normalized spacial score (nSPS) is 16.0. The number of anilines is 1. The molecule has 1 saturated carbocycles. The van der Waals surface area contributed by atoms with Gasteiger partial charge in [-0.25, -0.2) is 0 Å². The maximum atomic E-state index is 4.46. The fourth-order valence-electron chi connectivity index (χ4n) is 2.88. The first-order valence-corrected chi connectivity index (χ1v) is 7.94. The van der Waals surface area contributed by atoms with Crippen molar-refractivity contribution in [1.29, 1.82) is 0 Å². The molecule has 1 aromatic heterocycles. The van der Waals surface area contributed by atoms with Crippen molar-refractivity contribution in [3.8, 4) is 0 Å². The quantitative estimate of drug-likeness (QED) is 0.831. The van der Waals surface area contributed by atoms with Gasteiger partial charge in [-0.05, 0) is 44.4 Å². The molecule has 0 atom stereocenters. The summed E-state index contributed by atoms with van der Waals surface area (Å²) in [6.07, 6.45) is 6.54. The summed E-state index contributed by atoms with van der Waals surface area (Å²) in [4.78, 5) is 2.49. The van der Waals surface area contributed by atoms with Crippen molar-refractivity contribution in [3.05, 3.63) is 17.8 Å². The van der Waals surface area contributed by atoms with Gasteiger partial charge in [-0.2, -0.15) is 5.10 Å². The van der Waals surface area contributed by atoms with Crippen molar-refractivity contribution in [2.75, 3.05) is 18.5 Å². The molecule has 2 rings (SSSR count). The highest BCUT2D eigenvalue weighted by Gasteiger charge is 2.23. The van der Waals surface area contributed by atoms with Gasteiger partial charge in [0.05, 0.1) is 5.69 Å². The van der Waals surface area contributed by atoms with E-state index in [1.54, 1.807) is 0 Å². The minimum Gasteiger partial charge on any atom is -0.352 e. The lowest BCUT2D eigenvalue weighted by atomic mass is 10.1. The van der Waals surface area contributed by atoms with Crippen LogP contribution in [-0.2, 0) is 6.54 Å². The SMILES string of the molecule is CNCc1ccc(N(CCC(C)C)C2CCCC2)nn1. The molecule has 1 aromatic rings. The number of nitrogens with one attached hydrogen (secondary N) is 1. The number of rotatable bonds is 7. The third kappa shape index (κ3) is 4.17. The summed E-state index contributed by atoms with van der Waals surface area (Å²) in [5, 5.41) is 11.9. The molecule has 0 spiro atoms. The molecular weight excluding hydrogens is 248 g/mol. The number of nitrogens with zero attached hydrogens (tertiary/aromatic N) is 3. The molecule has 4 nitrogen and oxygen atoms in total. The molecule has 1 fully saturated rings. The Morgan fingerprint density at radius 1 is 1.25 bits per heavy atom. The highest BCUT2D eigenvalue weighted by molar-refractivity contribution is 5.39. The summed E-state index contributed by atoms with van der Waals surface area (Å²) < 4.78 is 0. The van der Waals surface area contributed by atoms with Gasteiger partial charge >= 0.3 is 0 Å². The standard InChI is InChI=1S/C16H28N4/c1-13(2)10-11-20(15-6-4-5-7-15)16-9-8-14(12-17-3)18-19-16/h8-9,13,15,17H,4-7,10-12H2,1-3H3. The first-order valence-electron chi connectivity index (χ1n) is 7.94. The van der Waals surface area contributed by atoms with Crippen LogP contribution >= 0.6 is 0 Å².